The molecular formula is C27H35N3O4. The SMILES string of the molecule is O=C1CCC(N2Cc3cc(O[C@@H]4CCCC[C@H]4N4CC(C5CCCC5)C4)ccc3C2=O)C(=O)N1. The number of imide groups is 1. The predicted molar refractivity (Wildman–Crippen MR) is 126 cm³/mol. The van der Waals surface area contributed by atoms with Gasteiger partial charge in [0, 0.05) is 37.7 Å². The third-order valence-electron chi connectivity index (χ3n) is 8.92. The molecule has 5 aliphatic rings. The van der Waals surface area contributed by atoms with Crippen molar-refractivity contribution in [1.82, 2.24) is 15.1 Å². The highest BCUT2D eigenvalue weighted by atomic mass is 16.5. The van der Waals surface area contributed by atoms with E-state index >= 15 is 0 Å². The Morgan fingerprint density at radius 3 is 2.44 bits per heavy atom. The van der Waals surface area contributed by atoms with E-state index in [1.165, 1.54) is 58.0 Å². The molecule has 1 aromatic carbocycles. The fourth-order valence-electron chi connectivity index (χ4n) is 6.98. The monoisotopic (exact) mass is 465 g/mol. The number of carbonyl (C=O) groups is 3. The van der Waals surface area contributed by atoms with Crippen LogP contribution in [0.25, 0.3) is 0 Å². The minimum atomic E-state index is -0.580. The second-order valence-corrected chi connectivity index (χ2v) is 11.0. The molecule has 1 N–H and O–H groups in total. The molecule has 3 atom stereocenters. The van der Waals surface area contributed by atoms with Crippen LogP contribution in [0.3, 0.4) is 0 Å². The van der Waals surface area contributed by atoms with Gasteiger partial charge in [-0.25, -0.2) is 0 Å². The smallest absolute Gasteiger partial charge is 0.255 e. The first-order chi connectivity index (χ1) is 16.6. The van der Waals surface area contributed by atoms with Crippen molar-refractivity contribution in [1.29, 1.82) is 0 Å². The van der Waals surface area contributed by atoms with Gasteiger partial charge >= 0.3 is 0 Å². The number of amides is 3. The number of hydrogen-bond acceptors (Lipinski definition) is 5. The number of piperidine rings is 1. The number of fused-ring (bicyclic) bond motifs is 1. The van der Waals surface area contributed by atoms with Crippen LogP contribution in [0, 0.1) is 11.8 Å². The molecule has 34 heavy (non-hydrogen) atoms. The summed E-state index contributed by atoms with van der Waals surface area (Å²) >= 11 is 0. The van der Waals surface area contributed by atoms with Crippen molar-refractivity contribution in [2.75, 3.05) is 13.1 Å². The molecular weight excluding hydrogens is 430 g/mol. The second-order valence-electron chi connectivity index (χ2n) is 11.0. The number of hydrogen-bond donors (Lipinski definition) is 1. The Morgan fingerprint density at radius 2 is 1.65 bits per heavy atom. The topological polar surface area (TPSA) is 79.0 Å². The van der Waals surface area contributed by atoms with Crippen LogP contribution in [0.1, 0.15) is 80.1 Å². The van der Waals surface area contributed by atoms with Gasteiger partial charge in [0.2, 0.25) is 11.8 Å². The van der Waals surface area contributed by atoms with E-state index in [1.807, 2.05) is 18.2 Å². The molecule has 3 amide bonds. The van der Waals surface area contributed by atoms with Gasteiger partial charge in [-0.1, -0.05) is 32.1 Å². The van der Waals surface area contributed by atoms with Gasteiger partial charge in [-0.3, -0.25) is 24.6 Å². The Kier molecular flexibility index (Phi) is 5.84. The molecule has 182 valence electrons. The van der Waals surface area contributed by atoms with Crippen LogP contribution in [0.2, 0.25) is 0 Å². The van der Waals surface area contributed by atoms with E-state index in [1.54, 1.807) is 4.90 Å². The van der Waals surface area contributed by atoms with Crippen molar-refractivity contribution in [3.8, 4) is 5.75 Å². The van der Waals surface area contributed by atoms with Crippen molar-refractivity contribution < 1.29 is 19.1 Å². The van der Waals surface area contributed by atoms with E-state index < -0.39 is 6.04 Å². The van der Waals surface area contributed by atoms with Crippen molar-refractivity contribution >= 4 is 17.7 Å². The van der Waals surface area contributed by atoms with Gasteiger partial charge < -0.3 is 9.64 Å². The van der Waals surface area contributed by atoms with Crippen molar-refractivity contribution in [3.05, 3.63) is 29.3 Å². The summed E-state index contributed by atoms with van der Waals surface area (Å²) in [4.78, 5) is 41.0. The minimum Gasteiger partial charge on any atom is -0.489 e. The molecule has 3 aliphatic heterocycles. The molecule has 6 rings (SSSR count). The molecule has 1 unspecified atom stereocenters. The number of nitrogens with one attached hydrogen (secondary N) is 1. The molecule has 4 fully saturated rings. The van der Waals surface area contributed by atoms with Gasteiger partial charge in [-0.15, -0.1) is 0 Å². The summed E-state index contributed by atoms with van der Waals surface area (Å²) < 4.78 is 6.57. The van der Waals surface area contributed by atoms with Gasteiger partial charge in [-0.2, -0.15) is 0 Å². The lowest BCUT2D eigenvalue weighted by Crippen LogP contribution is -2.59. The van der Waals surface area contributed by atoms with E-state index in [-0.39, 0.29) is 30.2 Å². The molecule has 0 radical (unpaired) electrons. The first kappa shape index (κ1) is 22.1. The minimum absolute atomic E-state index is 0.134. The van der Waals surface area contributed by atoms with Gasteiger partial charge in [0.15, 0.2) is 0 Å². The molecule has 2 aliphatic carbocycles. The Hall–Kier alpha value is -2.41. The maximum Gasteiger partial charge on any atom is 0.255 e. The summed E-state index contributed by atoms with van der Waals surface area (Å²) in [5, 5.41) is 2.37. The highest BCUT2D eigenvalue weighted by Crippen LogP contribution is 2.40. The maximum absolute atomic E-state index is 13.0. The summed E-state index contributed by atoms with van der Waals surface area (Å²) in [5.41, 5.74) is 1.55. The maximum atomic E-state index is 13.0. The highest BCUT2D eigenvalue weighted by Gasteiger charge is 2.42. The predicted octanol–water partition coefficient (Wildman–Crippen LogP) is 3.26. The Balaban J connectivity index is 1.11. The standard InChI is InChI=1S/C27H35N3O4/c31-25-12-11-23(26(32)28-25)30-16-18-13-20(9-10-21(18)27(30)33)34-24-8-4-3-7-22(24)29-14-19(15-29)17-5-1-2-6-17/h9-10,13,17,19,22-24H,1-8,11-12,14-16H2,(H,28,31,32)/t22-,23?,24-/m1/s1. The molecule has 0 spiro atoms. The average molecular weight is 466 g/mol. The number of rotatable bonds is 5. The molecule has 0 bridgehead atoms. The van der Waals surface area contributed by atoms with Crippen LogP contribution < -0.4 is 10.1 Å². The van der Waals surface area contributed by atoms with Gasteiger partial charge in [-0.05, 0) is 61.3 Å². The summed E-state index contributed by atoms with van der Waals surface area (Å²) in [6.07, 6.45) is 11.3. The van der Waals surface area contributed by atoms with Crippen molar-refractivity contribution in [3.63, 3.8) is 0 Å². The summed E-state index contributed by atoms with van der Waals surface area (Å²) in [7, 11) is 0. The van der Waals surface area contributed by atoms with E-state index in [2.05, 4.69) is 10.2 Å². The molecule has 0 aromatic heterocycles. The number of nitrogens with zero attached hydrogens (tertiary/aromatic N) is 2. The number of likely N-dealkylation sites (tertiary alicyclic amines) is 1. The van der Waals surface area contributed by atoms with Crippen LogP contribution in [0.15, 0.2) is 18.2 Å². The quantitative estimate of drug-likeness (QED) is 0.676. The second kappa shape index (κ2) is 8.99. The highest BCUT2D eigenvalue weighted by molar-refractivity contribution is 6.05. The van der Waals surface area contributed by atoms with Crippen LogP contribution in [-0.4, -0.2) is 58.8 Å². The van der Waals surface area contributed by atoms with E-state index in [0.717, 1.165) is 29.6 Å². The zero-order chi connectivity index (χ0) is 23.2. The molecule has 2 saturated carbocycles. The molecule has 7 nitrogen and oxygen atoms in total. The van der Waals surface area contributed by atoms with Crippen LogP contribution >= 0.6 is 0 Å². The first-order valence-corrected chi connectivity index (χ1v) is 13.2. The van der Waals surface area contributed by atoms with Crippen molar-refractivity contribution in [2.45, 2.75) is 88.9 Å². The largest absolute Gasteiger partial charge is 0.489 e. The zero-order valence-electron chi connectivity index (χ0n) is 19.8. The lowest BCUT2D eigenvalue weighted by molar-refractivity contribution is -0.136. The first-order valence-electron chi connectivity index (χ1n) is 13.2. The molecule has 3 heterocycles. The third kappa shape index (κ3) is 4.02. The third-order valence-corrected chi connectivity index (χ3v) is 8.92. The van der Waals surface area contributed by atoms with Gasteiger partial charge in [0.05, 0.1) is 0 Å². The number of carbonyl (C=O) groups excluding carboxylic acids is 3. The Bertz CT molecular complexity index is 982. The molecule has 7 heteroatoms. The van der Waals surface area contributed by atoms with Crippen LogP contribution in [0.5, 0.6) is 5.75 Å². The van der Waals surface area contributed by atoms with E-state index in [9.17, 15) is 14.4 Å². The number of ether oxygens (including phenoxy) is 1. The van der Waals surface area contributed by atoms with E-state index in [0.29, 0.717) is 24.6 Å². The summed E-state index contributed by atoms with van der Waals surface area (Å²) in [5.74, 6) is 1.88. The van der Waals surface area contributed by atoms with Gasteiger partial charge in [0.1, 0.15) is 17.9 Å². The number of benzene rings is 1. The average Bonchev–Trinajstić information content (AvgIpc) is 3.42. The van der Waals surface area contributed by atoms with Crippen molar-refractivity contribution in [2.24, 2.45) is 11.8 Å². The lowest BCUT2D eigenvalue weighted by atomic mass is 9.81. The summed E-state index contributed by atoms with van der Waals surface area (Å²) in [6, 6.07) is 5.65. The normalized spacial score (nSPS) is 30.9. The zero-order valence-corrected chi connectivity index (χ0v) is 19.8. The lowest BCUT2D eigenvalue weighted by Gasteiger charge is -2.50. The Morgan fingerprint density at radius 1 is 0.882 bits per heavy atom. The van der Waals surface area contributed by atoms with E-state index in [4.69, 9.17) is 4.74 Å². The fraction of sp³-hybridized carbons (Fsp3) is 0.667. The molecule has 1 aromatic rings. The van der Waals surface area contributed by atoms with Crippen LogP contribution in [0.4, 0.5) is 0 Å². The Labute approximate surface area is 201 Å². The molecule has 2 saturated heterocycles. The fourth-order valence-corrected chi connectivity index (χ4v) is 6.98. The van der Waals surface area contributed by atoms with Crippen LogP contribution in [-0.2, 0) is 16.1 Å². The summed E-state index contributed by atoms with van der Waals surface area (Å²) in [6.45, 7) is 2.85. The van der Waals surface area contributed by atoms with Gasteiger partial charge in [0.25, 0.3) is 5.91 Å².